The molecule has 0 amide bonds. The van der Waals surface area contributed by atoms with E-state index in [9.17, 15) is 10.1 Å². The molecule has 2 N–H and O–H groups in total. The van der Waals surface area contributed by atoms with Crippen LogP contribution in [0.15, 0.2) is 6.20 Å². The van der Waals surface area contributed by atoms with E-state index < -0.39 is 0 Å². The zero-order chi connectivity index (χ0) is 13.1. The van der Waals surface area contributed by atoms with Crippen LogP contribution in [-0.2, 0) is 7.05 Å². The van der Waals surface area contributed by atoms with E-state index in [1.807, 2.05) is 0 Å². The lowest BCUT2D eigenvalue weighted by molar-refractivity contribution is -0.384. The van der Waals surface area contributed by atoms with Gasteiger partial charge in [-0.3, -0.25) is 14.8 Å². The summed E-state index contributed by atoms with van der Waals surface area (Å²) in [4.78, 5) is 12.7. The number of aromatic nitrogens is 2. The lowest BCUT2D eigenvalue weighted by Crippen LogP contribution is -2.41. The summed E-state index contributed by atoms with van der Waals surface area (Å²) in [5.41, 5.74) is 5.70. The van der Waals surface area contributed by atoms with Gasteiger partial charge in [-0.25, -0.2) is 0 Å². The van der Waals surface area contributed by atoms with Gasteiger partial charge >= 0.3 is 5.69 Å². The van der Waals surface area contributed by atoms with Crippen LogP contribution in [0.4, 0.5) is 11.5 Å². The topological polar surface area (TPSA) is 90.2 Å². The van der Waals surface area contributed by atoms with Crippen molar-refractivity contribution in [1.82, 2.24) is 9.78 Å². The quantitative estimate of drug-likeness (QED) is 0.639. The van der Waals surface area contributed by atoms with Gasteiger partial charge in [0.15, 0.2) is 0 Å². The SMILES string of the molecule is Cn1cc([N+](=O)[O-])c(N2CCCCC2CCN)n1. The van der Waals surface area contributed by atoms with Crippen LogP contribution in [0.25, 0.3) is 0 Å². The predicted octanol–water partition coefficient (Wildman–Crippen LogP) is 1.04. The van der Waals surface area contributed by atoms with E-state index in [1.54, 1.807) is 7.05 Å². The number of nitro groups is 1. The second-order valence-corrected chi connectivity index (χ2v) is 4.69. The van der Waals surface area contributed by atoms with Crippen molar-refractivity contribution < 1.29 is 4.92 Å². The van der Waals surface area contributed by atoms with E-state index in [4.69, 9.17) is 5.73 Å². The molecule has 7 nitrogen and oxygen atoms in total. The van der Waals surface area contributed by atoms with Gasteiger partial charge in [0.1, 0.15) is 6.20 Å². The van der Waals surface area contributed by atoms with Crippen molar-refractivity contribution in [2.75, 3.05) is 18.0 Å². The van der Waals surface area contributed by atoms with Gasteiger partial charge in [-0.2, -0.15) is 0 Å². The Balaban J connectivity index is 2.30. The fraction of sp³-hybridized carbons (Fsp3) is 0.727. The van der Waals surface area contributed by atoms with Crippen LogP contribution in [-0.4, -0.2) is 33.8 Å². The smallest absolute Gasteiger partial charge is 0.330 e. The number of hydrogen-bond donors (Lipinski definition) is 1. The van der Waals surface area contributed by atoms with Crippen LogP contribution < -0.4 is 10.6 Å². The Hall–Kier alpha value is -1.63. The van der Waals surface area contributed by atoms with Gasteiger partial charge < -0.3 is 10.6 Å². The molecule has 1 unspecified atom stereocenters. The average Bonchev–Trinajstić information content (AvgIpc) is 2.72. The number of piperidine rings is 1. The number of hydrogen-bond acceptors (Lipinski definition) is 5. The van der Waals surface area contributed by atoms with Crippen LogP contribution in [0.5, 0.6) is 0 Å². The molecule has 1 aromatic rings. The molecule has 100 valence electrons. The maximum absolute atomic E-state index is 11.0. The summed E-state index contributed by atoms with van der Waals surface area (Å²) in [5.74, 6) is 0.487. The highest BCUT2D eigenvalue weighted by Gasteiger charge is 2.30. The molecule has 0 aliphatic carbocycles. The van der Waals surface area contributed by atoms with E-state index in [0.29, 0.717) is 12.4 Å². The van der Waals surface area contributed by atoms with Gasteiger partial charge in [-0.05, 0) is 32.2 Å². The highest BCUT2D eigenvalue weighted by atomic mass is 16.6. The van der Waals surface area contributed by atoms with Crippen LogP contribution in [0, 0.1) is 10.1 Å². The Bertz CT molecular complexity index is 429. The molecule has 1 aliphatic heterocycles. The molecule has 2 heterocycles. The molecular formula is C11H19N5O2. The van der Waals surface area contributed by atoms with Gasteiger partial charge in [-0.1, -0.05) is 0 Å². The average molecular weight is 253 g/mol. The van der Waals surface area contributed by atoms with Crippen LogP contribution in [0.3, 0.4) is 0 Å². The predicted molar refractivity (Wildman–Crippen MR) is 68.5 cm³/mol. The highest BCUT2D eigenvalue weighted by Crippen LogP contribution is 2.32. The minimum Gasteiger partial charge on any atom is -0.346 e. The first-order valence-corrected chi connectivity index (χ1v) is 6.28. The van der Waals surface area contributed by atoms with Crippen molar-refractivity contribution in [2.45, 2.75) is 31.7 Å². The first kappa shape index (κ1) is 12.8. The molecular weight excluding hydrogens is 234 g/mol. The van der Waals surface area contributed by atoms with Crippen molar-refractivity contribution in [2.24, 2.45) is 12.8 Å². The number of rotatable bonds is 4. The van der Waals surface area contributed by atoms with Gasteiger partial charge in [0.05, 0.1) is 4.92 Å². The van der Waals surface area contributed by atoms with Gasteiger partial charge in [0.25, 0.3) is 0 Å². The molecule has 0 radical (unpaired) electrons. The molecule has 0 spiro atoms. The molecule has 0 bridgehead atoms. The van der Waals surface area contributed by atoms with Gasteiger partial charge in [-0.15, -0.1) is 5.10 Å². The largest absolute Gasteiger partial charge is 0.346 e. The van der Waals surface area contributed by atoms with E-state index in [0.717, 1.165) is 32.2 Å². The van der Waals surface area contributed by atoms with Crippen LogP contribution in [0.2, 0.25) is 0 Å². The first-order chi connectivity index (χ1) is 8.63. The Morgan fingerprint density at radius 2 is 2.39 bits per heavy atom. The second kappa shape index (κ2) is 5.34. The van der Waals surface area contributed by atoms with Crippen LogP contribution >= 0.6 is 0 Å². The first-order valence-electron chi connectivity index (χ1n) is 6.28. The highest BCUT2D eigenvalue weighted by molar-refractivity contribution is 5.57. The Kier molecular flexibility index (Phi) is 3.81. The normalized spacial score (nSPS) is 20.1. The maximum atomic E-state index is 11.0. The van der Waals surface area contributed by atoms with Gasteiger partial charge in [0.2, 0.25) is 5.82 Å². The van der Waals surface area contributed by atoms with Crippen molar-refractivity contribution >= 4 is 11.5 Å². The fourth-order valence-electron chi connectivity index (χ4n) is 2.57. The summed E-state index contributed by atoms with van der Waals surface area (Å²) in [6.45, 7) is 1.42. The molecule has 0 saturated carbocycles. The molecule has 1 atom stereocenters. The number of aryl methyl sites for hydroxylation is 1. The summed E-state index contributed by atoms with van der Waals surface area (Å²) < 4.78 is 1.50. The van der Waals surface area contributed by atoms with E-state index in [1.165, 1.54) is 10.9 Å². The minimum atomic E-state index is -0.365. The molecule has 2 rings (SSSR count). The lowest BCUT2D eigenvalue weighted by Gasteiger charge is -2.35. The summed E-state index contributed by atoms with van der Waals surface area (Å²) in [6, 6.07) is 0.275. The van der Waals surface area contributed by atoms with Crippen LogP contribution in [0.1, 0.15) is 25.7 Å². The van der Waals surface area contributed by atoms with E-state index in [2.05, 4.69) is 10.00 Å². The standard InChI is InChI=1S/C11H19N5O2/c1-14-8-10(16(17)18)11(13-14)15-7-3-2-4-9(15)5-6-12/h8-9H,2-7,12H2,1H3. The monoisotopic (exact) mass is 253 g/mol. The maximum Gasteiger partial charge on any atom is 0.330 e. The number of anilines is 1. The van der Waals surface area contributed by atoms with E-state index >= 15 is 0 Å². The van der Waals surface area contributed by atoms with Crippen molar-refractivity contribution in [3.05, 3.63) is 16.3 Å². The summed E-state index contributed by atoms with van der Waals surface area (Å²) >= 11 is 0. The second-order valence-electron chi connectivity index (χ2n) is 4.69. The summed E-state index contributed by atoms with van der Waals surface area (Å²) in [7, 11) is 1.71. The summed E-state index contributed by atoms with van der Waals surface area (Å²) in [5, 5.41) is 15.3. The van der Waals surface area contributed by atoms with Crippen molar-refractivity contribution in [1.29, 1.82) is 0 Å². The third-order valence-corrected chi connectivity index (χ3v) is 3.39. The number of nitrogens with two attached hydrogens (primary N) is 1. The van der Waals surface area contributed by atoms with E-state index in [-0.39, 0.29) is 16.7 Å². The van der Waals surface area contributed by atoms with Crippen molar-refractivity contribution in [3.8, 4) is 0 Å². The molecule has 0 aromatic carbocycles. The molecule has 1 saturated heterocycles. The van der Waals surface area contributed by atoms with Crippen molar-refractivity contribution in [3.63, 3.8) is 0 Å². The molecule has 1 aromatic heterocycles. The molecule has 7 heteroatoms. The number of nitrogens with zero attached hydrogens (tertiary/aromatic N) is 4. The molecule has 1 aliphatic rings. The third-order valence-electron chi connectivity index (χ3n) is 3.39. The Morgan fingerprint density at radius 3 is 3.06 bits per heavy atom. The zero-order valence-corrected chi connectivity index (χ0v) is 10.6. The Morgan fingerprint density at radius 1 is 1.61 bits per heavy atom. The zero-order valence-electron chi connectivity index (χ0n) is 10.6. The Labute approximate surface area is 106 Å². The lowest BCUT2D eigenvalue weighted by atomic mass is 9.99. The molecule has 1 fully saturated rings. The third kappa shape index (κ3) is 2.45. The summed E-state index contributed by atoms with van der Waals surface area (Å²) in [6.07, 6.45) is 5.55. The van der Waals surface area contributed by atoms with Gasteiger partial charge in [0, 0.05) is 19.6 Å². The molecule has 18 heavy (non-hydrogen) atoms. The minimum absolute atomic E-state index is 0.0846. The fourth-order valence-corrected chi connectivity index (χ4v) is 2.57.